The van der Waals surface area contributed by atoms with Crippen molar-refractivity contribution in [2.75, 3.05) is 26.7 Å². The molecule has 4 aromatic rings. The molecule has 2 amide bonds. The molecule has 1 aromatic heterocycles. The zero-order valence-electron chi connectivity index (χ0n) is 27.0. The van der Waals surface area contributed by atoms with E-state index < -0.39 is 23.8 Å². The minimum atomic E-state index is -4.81. The zero-order valence-corrected chi connectivity index (χ0v) is 27.0. The summed E-state index contributed by atoms with van der Waals surface area (Å²) in [7, 11) is 1.34. The summed E-state index contributed by atoms with van der Waals surface area (Å²) in [5.74, 6) is -1.89. The number of hydrogen-bond donors (Lipinski definition) is 0. The molecule has 0 bridgehead atoms. The summed E-state index contributed by atoms with van der Waals surface area (Å²) >= 11 is 0. The maximum atomic E-state index is 14.3. The second-order valence-electron chi connectivity index (χ2n) is 13.0. The van der Waals surface area contributed by atoms with Crippen molar-refractivity contribution in [1.29, 1.82) is 0 Å². The van der Waals surface area contributed by atoms with Crippen LogP contribution in [0.3, 0.4) is 0 Å². The molecule has 254 valence electrons. The molecule has 0 N–H and O–H groups in total. The lowest BCUT2D eigenvalue weighted by molar-refractivity contribution is -0.274. The van der Waals surface area contributed by atoms with Gasteiger partial charge in [-0.15, -0.1) is 13.2 Å². The Balaban J connectivity index is 1.35. The molecule has 0 unspecified atom stereocenters. The van der Waals surface area contributed by atoms with E-state index in [4.69, 9.17) is 4.74 Å². The van der Waals surface area contributed by atoms with Gasteiger partial charge < -0.3 is 23.8 Å². The van der Waals surface area contributed by atoms with E-state index in [9.17, 15) is 27.6 Å². The van der Waals surface area contributed by atoms with Crippen LogP contribution in [0.1, 0.15) is 62.0 Å². The van der Waals surface area contributed by atoms with E-state index in [0.29, 0.717) is 42.9 Å². The summed E-state index contributed by atoms with van der Waals surface area (Å²) in [4.78, 5) is 46.2. The number of fused-ring (bicyclic) bond motifs is 3. The maximum absolute atomic E-state index is 14.3. The molecule has 2 saturated heterocycles. The Morgan fingerprint density at radius 3 is 2.14 bits per heavy atom. The highest BCUT2D eigenvalue weighted by atomic mass is 19.4. The van der Waals surface area contributed by atoms with E-state index in [2.05, 4.69) is 4.74 Å². The van der Waals surface area contributed by atoms with Crippen LogP contribution in [0.5, 0.6) is 5.75 Å². The maximum Gasteiger partial charge on any atom is 0.573 e. The van der Waals surface area contributed by atoms with Crippen LogP contribution < -0.4 is 4.74 Å². The van der Waals surface area contributed by atoms with E-state index >= 15 is 0 Å². The highest BCUT2D eigenvalue weighted by molar-refractivity contribution is 6.00. The van der Waals surface area contributed by atoms with Gasteiger partial charge in [0.15, 0.2) is 5.54 Å². The van der Waals surface area contributed by atoms with E-state index in [1.54, 1.807) is 41.3 Å². The zero-order chi connectivity index (χ0) is 34.3. The molecule has 49 heavy (non-hydrogen) atoms. The number of likely N-dealkylation sites (tertiary alicyclic amines) is 2. The van der Waals surface area contributed by atoms with Gasteiger partial charge in [-0.2, -0.15) is 0 Å². The fourth-order valence-corrected chi connectivity index (χ4v) is 8.13. The summed E-state index contributed by atoms with van der Waals surface area (Å²) in [6.45, 7) is 1.79. The largest absolute Gasteiger partial charge is 0.573 e. The molecule has 0 spiro atoms. The Kier molecular flexibility index (Phi) is 8.46. The number of amides is 2. The van der Waals surface area contributed by atoms with E-state index in [-0.39, 0.29) is 36.4 Å². The summed E-state index contributed by atoms with van der Waals surface area (Å²) < 4.78 is 50.1. The monoisotopic (exact) mass is 671 g/mol. The number of esters is 1. The van der Waals surface area contributed by atoms with Crippen molar-refractivity contribution >= 4 is 17.8 Å². The lowest BCUT2D eigenvalue weighted by Crippen LogP contribution is -2.58. The molecule has 11 heteroatoms. The van der Waals surface area contributed by atoms with Crippen molar-refractivity contribution in [3.8, 4) is 5.75 Å². The molecule has 2 aliphatic heterocycles. The lowest BCUT2D eigenvalue weighted by Gasteiger charge is -2.40. The number of hydrogen-bond acceptors (Lipinski definition) is 5. The van der Waals surface area contributed by atoms with Crippen molar-refractivity contribution in [2.45, 2.75) is 50.0 Å². The minimum absolute atomic E-state index is 0.137. The Bertz CT molecular complexity index is 1850. The topological polar surface area (TPSA) is 81.1 Å². The number of methoxy groups -OCH3 is 1. The number of ether oxygens (including phenoxy) is 2. The van der Waals surface area contributed by atoms with Gasteiger partial charge in [-0.3, -0.25) is 9.59 Å². The first-order chi connectivity index (χ1) is 23.6. The van der Waals surface area contributed by atoms with E-state index in [0.717, 1.165) is 29.7 Å². The highest BCUT2D eigenvalue weighted by Gasteiger charge is 2.64. The number of alkyl halides is 3. The van der Waals surface area contributed by atoms with Gasteiger partial charge in [0.05, 0.1) is 7.11 Å². The third-order valence-electron chi connectivity index (χ3n) is 10.1. The second-order valence-corrected chi connectivity index (χ2v) is 13.0. The molecular formula is C38H36F3N3O5. The van der Waals surface area contributed by atoms with Crippen molar-refractivity contribution in [1.82, 2.24) is 14.4 Å². The summed E-state index contributed by atoms with van der Waals surface area (Å²) in [6, 6.07) is 25.9. The molecule has 1 aliphatic carbocycles. The van der Waals surface area contributed by atoms with Crippen molar-refractivity contribution < 1.29 is 37.0 Å². The molecule has 3 aliphatic rings. The Hall–Kier alpha value is -5.06. The van der Waals surface area contributed by atoms with Gasteiger partial charge in [-0.1, -0.05) is 60.7 Å². The number of carbonyl (C=O) groups excluding carboxylic acids is 3. The van der Waals surface area contributed by atoms with Gasteiger partial charge in [0, 0.05) is 49.8 Å². The van der Waals surface area contributed by atoms with Crippen molar-refractivity contribution in [3.63, 3.8) is 0 Å². The Morgan fingerprint density at radius 2 is 1.51 bits per heavy atom. The number of nitrogens with zero attached hydrogens (tertiary/aromatic N) is 3. The summed E-state index contributed by atoms with van der Waals surface area (Å²) in [6.07, 6.45) is -2.31. The summed E-state index contributed by atoms with van der Waals surface area (Å²) in [5, 5.41) is 0. The Morgan fingerprint density at radius 1 is 0.857 bits per heavy atom. The molecule has 2 fully saturated rings. The molecule has 3 aromatic carbocycles. The smallest absolute Gasteiger partial charge is 0.467 e. The van der Waals surface area contributed by atoms with E-state index in [1.807, 2.05) is 51.9 Å². The third-order valence-corrected chi connectivity index (χ3v) is 10.1. The van der Waals surface area contributed by atoms with Gasteiger partial charge in [0.1, 0.15) is 11.4 Å². The molecule has 0 radical (unpaired) electrons. The van der Waals surface area contributed by atoms with Gasteiger partial charge in [0.25, 0.3) is 11.8 Å². The average Bonchev–Trinajstić information content (AvgIpc) is 3.88. The number of rotatable bonds is 8. The number of halogens is 3. The second kappa shape index (κ2) is 12.8. The van der Waals surface area contributed by atoms with Gasteiger partial charge in [0.2, 0.25) is 0 Å². The van der Waals surface area contributed by atoms with Crippen LogP contribution in [0.4, 0.5) is 13.2 Å². The molecule has 0 saturated carbocycles. The first-order valence-electron chi connectivity index (χ1n) is 16.4. The SMILES string of the molecule is COC(=O)[C@@]1(Cc2ccccc2)[C@H]2c3cc(C(=O)N4CCCC4)n(Cc4ccc(OC(F)(F)F)cc4)c3C[C@H]2CN1C(=O)c1ccccc1. The number of benzene rings is 3. The van der Waals surface area contributed by atoms with Crippen LogP contribution in [0.15, 0.2) is 91.0 Å². The van der Waals surface area contributed by atoms with Crippen molar-refractivity contribution in [2.24, 2.45) is 5.92 Å². The molecule has 8 nitrogen and oxygen atoms in total. The predicted octanol–water partition coefficient (Wildman–Crippen LogP) is 6.24. The highest BCUT2D eigenvalue weighted by Crippen LogP contribution is 2.55. The normalized spacial score (nSPS) is 21.4. The van der Waals surface area contributed by atoms with Crippen LogP contribution in [-0.2, 0) is 28.9 Å². The minimum Gasteiger partial charge on any atom is -0.467 e. The third kappa shape index (κ3) is 5.95. The van der Waals surface area contributed by atoms with Crippen LogP contribution in [0.2, 0.25) is 0 Å². The predicted molar refractivity (Wildman–Crippen MR) is 174 cm³/mol. The fourth-order valence-electron chi connectivity index (χ4n) is 8.13. The van der Waals surface area contributed by atoms with Crippen LogP contribution >= 0.6 is 0 Å². The molecule has 3 atom stereocenters. The standard InChI is InChI=1S/C38H36F3N3O5/c1-48-36(47)37(22-25-10-4-2-5-11-25)33-28(24-44(37)34(45)27-12-6-3-7-13-27)20-31-30(33)21-32(35(46)42-18-8-9-19-42)43(31)23-26-14-16-29(17-15-26)49-38(39,40)41/h2-7,10-17,21,28,33H,8-9,18-20,22-24H2,1H3/t28-,33+,37+/m0/s1. The molecular weight excluding hydrogens is 635 g/mol. The van der Waals surface area contributed by atoms with Crippen LogP contribution in [0.25, 0.3) is 0 Å². The Labute approximate surface area is 282 Å². The lowest BCUT2D eigenvalue weighted by atomic mass is 9.75. The van der Waals surface area contributed by atoms with Crippen molar-refractivity contribution in [3.05, 3.63) is 125 Å². The van der Waals surface area contributed by atoms with E-state index in [1.165, 1.54) is 19.2 Å². The summed E-state index contributed by atoms with van der Waals surface area (Å²) in [5.41, 5.74) is 2.74. The van der Waals surface area contributed by atoms with Crippen LogP contribution in [-0.4, -0.2) is 70.8 Å². The molecule has 3 heterocycles. The average molecular weight is 672 g/mol. The van der Waals surface area contributed by atoms with Gasteiger partial charge in [-0.05, 0) is 72.2 Å². The quantitative estimate of drug-likeness (QED) is 0.208. The first kappa shape index (κ1) is 32.5. The van der Waals surface area contributed by atoms with Gasteiger partial charge >= 0.3 is 12.3 Å². The first-order valence-corrected chi connectivity index (χ1v) is 16.4. The molecule has 7 rings (SSSR count). The number of carbonyl (C=O) groups is 3. The van der Waals surface area contributed by atoms with Crippen LogP contribution in [0, 0.1) is 5.92 Å². The fraction of sp³-hybridized carbons (Fsp3) is 0.342. The van der Waals surface area contributed by atoms with Gasteiger partial charge in [-0.25, -0.2) is 4.79 Å². The number of aromatic nitrogens is 1.